The molecule has 0 saturated heterocycles. The molecule has 0 amide bonds. The molecule has 0 spiro atoms. The first-order valence-electron chi connectivity index (χ1n) is 7.94. The van der Waals surface area contributed by atoms with Crippen molar-refractivity contribution >= 4 is 22.4 Å². The highest BCUT2D eigenvalue weighted by Gasteiger charge is 2.10. The molecule has 0 radical (unpaired) electrons. The van der Waals surface area contributed by atoms with Gasteiger partial charge in [-0.15, -0.1) is 0 Å². The molecular weight excluding hydrogens is 286 g/mol. The molecule has 23 heavy (non-hydrogen) atoms. The van der Waals surface area contributed by atoms with E-state index < -0.39 is 0 Å². The first kappa shape index (κ1) is 15.3. The number of aromatic nitrogens is 2. The molecule has 0 aliphatic carbocycles. The summed E-state index contributed by atoms with van der Waals surface area (Å²) >= 11 is 0. The van der Waals surface area contributed by atoms with E-state index in [-0.39, 0.29) is 5.92 Å². The molecule has 1 N–H and O–H groups in total. The first-order valence-corrected chi connectivity index (χ1v) is 7.94. The van der Waals surface area contributed by atoms with Gasteiger partial charge in [0.2, 0.25) is 0 Å². The van der Waals surface area contributed by atoms with E-state index >= 15 is 0 Å². The zero-order chi connectivity index (χ0) is 16.2. The summed E-state index contributed by atoms with van der Waals surface area (Å²) in [6.45, 7) is 6.85. The van der Waals surface area contributed by atoms with Gasteiger partial charge < -0.3 is 10.1 Å². The Morgan fingerprint density at radius 3 is 2.43 bits per heavy atom. The second-order valence-corrected chi connectivity index (χ2v) is 5.68. The smallest absolute Gasteiger partial charge is 0.142 e. The summed E-state index contributed by atoms with van der Waals surface area (Å²) in [5.41, 5.74) is 1.94. The molecule has 0 aliphatic rings. The van der Waals surface area contributed by atoms with E-state index in [0.29, 0.717) is 6.61 Å². The molecule has 4 nitrogen and oxygen atoms in total. The molecule has 2 aromatic carbocycles. The van der Waals surface area contributed by atoms with Crippen LogP contribution in [0, 0.1) is 0 Å². The van der Waals surface area contributed by atoms with Crippen LogP contribution in [0.2, 0.25) is 0 Å². The van der Waals surface area contributed by atoms with Gasteiger partial charge in [0.25, 0.3) is 0 Å². The predicted octanol–water partition coefficient (Wildman–Crippen LogP) is 4.90. The molecule has 118 valence electrons. The van der Waals surface area contributed by atoms with Gasteiger partial charge in [-0.2, -0.15) is 0 Å². The van der Waals surface area contributed by atoms with Gasteiger partial charge in [-0.1, -0.05) is 26.0 Å². The van der Waals surface area contributed by atoms with Crippen LogP contribution in [0.25, 0.3) is 10.9 Å². The van der Waals surface area contributed by atoms with Crippen LogP contribution in [0.3, 0.4) is 0 Å². The maximum atomic E-state index is 5.48. The van der Waals surface area contributed by atoms with Crippen molar-refractivity contribution in [2.24, 2.45) is 0 Å². The second kappa shape index (κ2) is 6.65. The molecule has 0 fully saturated rings. The van der Waals surface area contributed by atoms with Crippen molar-refractivity contribution in [1.29, 1.82) is 0 Å². The molecule has 4 heteroatoms. The van der Waals surface area contributed by atoms with Crippen LogP contribution < -0.4 is 10.1 Å². The quantitative estimate of drug-likeness (QED) is 0.728. The fourth-order valence-electron chi connectivity index (χ4n) is 2.39. The number of ether oxygens (including phenoxy) is 1. The fourth-order valence-corrected chi connectivity index (χ4v) is 2.39. The third kappa shape index (κ3) is 3.42. The SMILES string of the molecule is CCOc1ccc(Nc2nc(C(C)C)nc3ccccc23)cc1. The molecule has 1 heterocycles. The Morgan fingerprint density at radius 1 is 1.00 bits per heavy atom. The van der Waals surface area contributed by atoms with E-state index in [0.717, 1.165) is 34.0 Å². The molecule has 0 bridgehead atoms. The zero-order valence-corrected chi connectivity index (χ0v) is 13.7. The highest BCUT2D eigenvalue weighted by molar-refractivity contribution is 5.90. The van der Waals surface area contributed by atoms with Crippen molar-refractivity contribution in [3.05, 3.63) is 54.4 Å². The van der Waals surface area contributed by atoms with Crippen LogP contribution in [-0.2, 0) is 0 Å². The average molecular weight is 307 g/mol. The maximum absolute atomic E-state index is 5.48. The number of benzene rings is 2. The Labute approximate surface area is 136 Å². The van der Waals surface area contributed by atoms with Gasteiger partial charge in [-0.25, -0.2) is 9.97 Å². The van der Waals surface area contributed by atoms with Crippen LogP contribution >= 0.6 is 0 Å². The number of hydrogen-bond donors (Lipinski definition) is 1. The normalized spacial score (nSPS) is 11.0. The van der Waals surface area contributed by atoms with Crippen molar-refractivity contribution in [2.75, 3.05) is 11.9 Å². The summed E-state index contributed by atoms with van der Waals surface area (Å²) in [5.74, 6) is 2.83. The largest absolute Gasteiger partial charge is 0.494 e. The van der Waals surface area contributed by atoms with E-state index in [4.69, 9.17) is 9.72 Å². The Hall–Kier alpha value is -2.62. The predicted molar refractivity (Wildman–Crippen MR) is 94.5 cm³/mol. The van der Waals surface area contributed by atoms with Crippen molar-refractivity contribution in [3.8, 4) is 5.75 Å². The van der Waals surface area contributed by atoms with Gasteiger partial charge in [-0.3, -0.25) is 0 Å². The number of para-hydroxylation sites is 1. The van der Waals surface area contributed by atoms with Gasteiger partial charge in [-0.05, 0) is 43.3 Å². The summed E-state index contributed by atoms with van der Waals surface area (Å²) in [6, 6.07) is 16.0. The van der Waals surface area contributed by atoms with Crippen molar-refractivity contribution in [2.45, 2.75) is 26.7 Å². The van der Waals surface area contributed by atoms with Gasteiger partial charge in [0.15, 0.2) is 0 Å². The molecular formula is C19H21N3O. The zero-order valence-electron chi connectivity index (χ0n) is 13.7. The van der Waals surface area contributed by atoms with Gasteiger partial charge >= 0.3 is 0 Å². The minimum absolute atomic E-state index is 0.278. The second-order valence-electron chi connectivity index (χ2n) is 5.68. The average Bonchev–Trinajstić information content (AvgIpc) is 2.56. The lowest BCUT2D eigenvalue weighted by Crippen LogP contribution is -2.03. The van der Waals surface area contributed by atoms with E-state index in [9.17, 15) is 0 Å². The Bertz CT molecular complexity index is 797. The summed E-state index contributed by atoms with van der Waals surface area (Å²) in [4.78, 5) is 9.35. The monoisotopic (exact) mass is 307 g/mol. The van der Waals surface area contributed by atoms with Gasteiger partial charge in [0.1, 0.15) is 17.4 Å². The van der Waals surface area contributed by atoms with Crippen molar-refractivity contribution in [3.63, 3.8) is 0 Å². The van der Waals surface area contributed by atoms with Gasteiger partial charge in [0.05, 0.1) is 12.1 Å². The summed E-state index contributed by atoms with van der Waals surface area (Å²) in [6.07, 6.45) is 0. The molecule has 3 rings (SSSR count). The van der Waals surface area contributed by atoms with E-state index in [1.807, 2.05) is 55.5 Å². The molecule has 3 aromatic rings. The molecule has 0 saturated carbocycles. The number of rotatable bonds is 5. The van der Waals surface area contributed by atoms with Crippen LogP contribution in [-0.4, -0.2) is 16.6 Å². The summed E-state index contributed by atoms with van der Waals surface area (Å²) < 4.78 is 5.48. The number of nitrogens with one attached hydrogen (secondary N) is 1. The Kier molecular flexibility index (Phi) is 4.42. The number of fused-ring (bicyclic) bond motifs is 1. The minimum atomic E-state index is 0.278. The van der Waals surface area contributed by atoms with E-state index in [2.05, 4.69) is 24.1 Å². The Morgan fingerprint density at radius 2 is 1.74 bits per heavy atom. The van der Waals surface area contributed by atoms with Crippen LogP contribution in [0.4, 0.5) is 11.5 Å². The molecule has 1 aromatic heterocycles. The molecule has 0 unspecified atom stereocenters. The first-order chi connectivity index (χ1) is 11.2. The topological polar surface area (TPSA) is 47.0 Å². The standard InChI is InChI=1S/C19H21N3O/c1-4-23-15-11-9-14(10-12-15)20-19-16-7-5-6-8-17(16)21-18(22-19)13(2)3/h5-13H,4H2,1-3H3,(H,20,21,22). The minimum Gasteiger partial charge on any atom is -0.494 e. The fraction of sp³-hybridized carbons (Fsp3) is 0.263. The number of anilines is 2. The lowest BCUT2D eigenvalue weighted by molar-refractivity contribution is 0.340. The third-order valence-corrected chi connectivity index (χ3v) is 3.56. The van der Waals surface area contributed by atoms with Gasteiger partial charge in [0, 0.05) is 17.0 Å². The lowest BCUT2D eigenvalue weighted by atomic mass is 10.1. The number of hydrogen-bond acceptors (Lipinski definition) is 4. The highest BCUT2D eigenvalue weighted by Crippen LogP contribution is 2.26. The molecule has 0 aliphatic heterocycles. The third-order valence-electron chi connectivity index (χ3n) is 3.56. The van der Waals surface area contributed by atoms with Crippen molar-refractivity contribution in [1.82, 2.24) is 9.97 Å². The van der Waals surface area contributed by atoms with Crippen LogP contribution in [0.5, 0.6) is 5.75 Å². The maximum Gasteiger partial charge on any atom is 0.142 e. The van der Waals surface area contributed by atoms with E-state index in [1.165, 1.54) is 0 Å². The van der Waals surface area contributed by atoms with Crippen molar-refractivity contribution < 1.29 is 4.74 Å². The van der Waals surface area contributed by atoms with Crippen LogP contribution in [0.15, 0.2) is 48.5 Å². The summed E-state index contributed by atoms with van der Waals surface area (Å²) in [5, 5.41) is 4.42. The van der Waals surface area contributed by atoms with E-state index in [1.54, 1.807) is 0 Å². The number of nitrogens with zero attached hydrogens (tertiary/aromatic N) is 2. The lowest BCUT2D eigenvalue weighted by Gasteiger charge is -2.13. The van der Waals surface area contributed by atoms with Crippen LogP contribution in [0.1, 0.15) is 32.5 Å². The highest BCUT2D eigenvalue weighted by atomic mass is 16.5. The molecule has 0 atom stereocenters. The Balaban J connectivity index is 1.97. The summed E-state index contributed by atoms with van der Waals surface area (Å²) in [7, 11) is 0.